The van der Waals surface area contributed by atoms with Crippen LogP contribution < -0.4 is 10.2 Å². The number of halogens is 3. The molecule has 0 bridgehead atoms. The van der Waals surface area contributed by atoms with Gasteiger partial charge in [0.1, 0.15) is 0 Å². The van der Waals surface area contributed by atoms with Gasteiger partial charge in [0.25, 0.3) is 0 Å². The van der Waals surface area contributed by atoms with Crippen molar-refractivity contribution in [2.45, 2.75) is 25.1 Å². The molecular weight excluding hydrogens is 285 g/mol. The summed E-state index contributed by atoms with van der Waals surface area (Å²) >= 11 is 0. The molecule has 0 spiro atoms. The Morgan fingerprint density at radius 3 is 2.33 bits per heavy atom. The molecule has 1 unspecified atom stereocenters. The summed E-state index contributed by atoms with van der Waals surface area (Å²) in [6.45, 7) is -0.818. The molecule has 1 aromatic carbocycles. The number of anilines is 1. The number of rotatable bonds is 6. The summed E-state index contributed by atoms with van der Waals surface area (Å²) in [5, 5.41) is 10.8. The first-order valence-corrected chi connectivity index (χ1v) is 6.48. The Kier molecular flexibility index (Phi) is 6.02. The summed E-state index contributed by atoms with van der Waals surface area (Å²) in [5.41, 5.74) is 1.95. The highest BCUT2D eigenvalue weighted by Crippen LogP contribution is 2.19. The zero-order chi connectivity index (χ0) is 16.0. The van der Waals surface area contributed by atoms with Crippen molar-refractivity contribution in [2.75, 3.05) is 25.5 Å². The van der Waals surface area contributed by atoms with E-state index in [1.54, 1.807) is 0 Å². The number of alkyl halides is 3. The molecule has 0 saturated carbocycles. The van der Waals surface area contributed by atoms with Gasteiger partial charge in [-0.2, -0.15) is 13.2 Å². The number of benzene rings is 1. The summed E-state index contributed by atoms with van der Waals surface area (Å²) < 4.78 is 36.1. The Hall–Kier alpha value is -1.76. The Balaban J connectivity index is 2.36. The molecule has 2 N–H and O–H groups in total. The Morgan fingerprint density at radius 1 is 1.29 bits per heavy atom. The quantitative estimate of drug-likeness (QED) is 0.841. The molecule has 118 valence electrons. The van der Waals surface area contributed by atoms with Gasteiger partial charge in [-0.1, -0.05) is 12.1 Å². The highest BCUT2D eigenvalue weighted by atomic mass is 19.4. The van der Waals surface area contributed by atoms with E-state index in [4.69, 9.17) is 5.11 Å². The van der Waals surface area contributed by atoms with E-state index in [0.29, 0.717) is 6.42 Å². The second kappa shape index (κ2) is 7.31. The molecule has 1 atom stereocenters. The number of amides is 1. The van der Waals surface area contributed by atoms with E-state index >= 15 is 0 Å². The van der Waals surface area contributed by atoms with Crippen LogP contribution in [-0.4, -0.2) is 43.9 Å². The van der Waals surface area contributed by atoms with Gasteiger partial charge in [-0.15, -0.1) is 0 Å². The third kappa shape index (κ3) is 6.03. The van der Waals surface area contributed by atoms with E-state index in [1.807, 2.05) is 43.3 Å². The Bertz CT molecular complexity index is 458. The highest BCUT2D eigenvalue weighted by molar-refractivity contribution is 5.76. The molecule has 0 aliphatic heterocycles. The van der Waals surface area contributed by atoms with Crippen LogP contribution in [-0.2, 0) is 11.2 Å². The first-order chi connectivity index (χ1) is 9.70. The van der Waals surface area contributed by atoms with E-state index < -0.39 is 24.7 Å². The largest absolute Gasteiger partial charge is 0.416 e. The molecule has 0 aliphatic rings. The van der Waals surface area contributed by atoms with Crippen LogP contribution >= 0.6 is 0 Å². The van der Waals surface area contributed by atoms with Crippen LogP contribution in [0, 0.1) is 0 Å². The van der Waals surface area contributed by atoms with Crippen molar-refractivity contribution < 1.29 is 23.1 Å². The number of nitrogens with zero attached hydrogens (tertiary/aromatic N) is 1. The maximum atomic E-state index is 12.0. The predicted molar refractivity (Wildman–Crippen MR) is 74.2 cm³/mol. The van der Waals surface area contributed by atoms with Crippen LogP contribution in [0.25, 0.3) is 0 Å². The van der Waals surface area contributed by atoms with Crippen LogP contribution in [0.1, 0.15) is 12.0 Å². The van der Waals surface area contributed by atoms with Gasteiger partial charge in [0, 0.05) is 26.2 Å². The molecule has 1 aromatic rings. The van der Waals surface area contributed by atoms with Crippen LogP contribution in [0.5, 0.6) is 0 Å². The van der Waals surface area contributed by atoms with Gasteiger partial charge >= 0.3 is 6.18 Å². The molecule has 0 fully saturated rings. The maximum absolute atomic E-state index is 12.0. The highest BCUT2D eigenvalue weighted by Gasteiger charge is 2.38. The van der Waals surface area contributed by atoms with Crippen LogP contribution in [0.2, 0.25) is 0 Å². The lowest BCUT2D eigenvalue weighted by Gasteiger charge is -2.15. The smallest absolute Gasteiger partial charge is 0.382 e. The lowest BCUT2D eigenvalue weighted by molar-refractivity contribution is -0.201. The molecule has 0 radical (unpaired) electrons. The number of carbonyl (C=O) groups excluding carboxylic acids is 1. The molecule has 7 heteroatoms. The Labute approximate surface area is 121 Å². The molecule has 21 heavy (non-hydrogen) atoms. The van der Waals surface area contributed by atoms with Gasteiger partial charge in [0.15, 0.2) is 6.10 Å². The van der Waals surface area contributed by atoms with Crippen molar-refractivity contribution in [3.63, 3.8) is 0 Å². The van der Waals surface area contributed by atoms with Gasteiger partial charge in [-0.05, 0) is 24.1 Å². The molecule has 0 saturated heterocycles. The normalized spacial score (nSPS) is 12.9. The average Bonchev–Trinajstić information content (AvgIpc) is 2.41. The minimum absolute atomic E-state index is 0.0753. The number of aliphatic hydroxyl groups is 1. The van der Waals surface area contributed by atoms with Crippen LogP contribution in [0.15, 0.2) is 24.3 Å². The number of nitrogens with one attached hydrogen (secondary N) is 1. The van der Waals surface area contributed by atoms with Crippen molar-refractivity contribution in [3.05, 3.63) is 29.8 Å². The fourth-order valence-corrected chi connectivity index (χ4v) is 1.63. The summed E-state index contributed by atoms with van der Waals surface area (Å²) in [6.07, 6.45) is -6.73. The van der Waals surface area contributed by atoms with E-state index in [9.17, 15) is 18.0 Å². The maximum Gasteiger partial charge on any atom is 0.416 e. The first kappa shape index (κ1) is 17.3. The van der Waals surface area contributed by atoms with Crippen molar-refractivity contribution in [3.8, 4) is 0 Å². The zero-order valence-electron chi connectivity index (χ0n) is 11.9. The van der Waals surface area contributed by atoms with Crippen molar-refractivity contribution in [2.24, 2.45) is 0 Å². The fraction of sp³-hybridized carbons (Fsp3) is 0.500. The average molecular weight is 304 g/mol. The van der Waals surface area contributed by atoms with E-state index in [2.05, 4.69) is 5.32 Å². The minimum Gasteiger partial charge on any atom is -0.382 e. The second-order valence-corrected chi connectivity index (χ2v) is 4.92. The van der Waals surface area contributed by atoms with E-state index in [0.717, 1.165) is 11.3 Å². The lowest BCUT2D eigenvalue weighted by atomic mass is 10.1. The van der Waals surface area contributed by atoms with Gasteiger partial charge in [-0.25, -0.2) is 0 Å². The monoisotopic (exact) mass is 304 g/mol. The molecule has 0 aromatic heterocycles. The van der Waals surface area contributed by atoms with Crippen LogP contribution in [0.4, 0.5) is 18.9 Å². The molecule has 4 nitrogen and oxygen atoms in total. The number of carbonyl (C=O) groups is 1. The third-order valence-corrected chi connectivity index (χ3v) is 2.96. The molecule has 1 amide bonds. The van der Waals surface area contributed by atoms with Crippen molar-refractivity contribution >= 4 is 11.6 Å². The number of hydrogen-bond donors (Lipinski definition) is 2. The topological polar surface area (TPSA) is 52.6 Å². The van der Waals surface area contributed by atoms with Gasteiger partial charge in [0.05, 0.1) is 6.54 Å². The predicted octanol–water partition coefficient (Wildman–Crippen LogP) is 1.72. The van der Waals surface area contributed by atoms with E-state index in [1.165, 1.54) is 0 Å². The molecule has 0 heterocycles. The number of hydrogen-bond acceptors (Lipinski definition) is 3. The molecule has 0 aliphatic carbocycles. The van der Waals surface area contributed by atoms with Crippen LogP contribution in [0.3, 0.4) is 0 Å². The zero-order valence-corrected chi connectivity index (χ0v) is 11.9. The van der Waals surface area contributed by atoms with Gasteiger partial charge < -0.3 is 15.3 Å². The standard InChI is InChI=1S/C14H19F3N2O2/c1-19(2)11-6-3-10(4-7-11)5-8-13(21)18-9-12(20)14(15,16)17/h3-4,6-7,12,20H,5,8-9H2,1-2H3,(H,18,21). The van der Waals surface area contributed by atoms with Crippen molar-refractivity contribution in [1.29, 1.82) is 0 Å². The summed E-state index contributed by atoms with van der Waals surface area (Å²) in [5.74, 6) is -0.519. The first-order valence-electron chi connectivity index (χ1n) is 6.48. The van der Waals surface area contributed by atoms with Gasteiger partial charge in [-0.3, -0.25) is 4.79 Å². The minimum atomic E-state index is -4.71. The summed E-state index contributed by atoms with van der Waals surface area (Å²) in [7, 11) is 3.82. The fourth-order valence-electron chi connectivity index (χ4n) is 1.63. The van der Waals surface area contributed by atoms with Gasteiger partial charge in [0.2, 0.25) is 5.91 Å². The number of aliphatic hydroxyl groups excluding tert-OH is 1. The lowest BCUT2D eigenvalue weighted by Crippen LogP contribution is -2.40. The SMILES string of the molecule is CN(C)c1ccc(CCC(=O)NCC(O)C(F)(F)F)cc1. The molecular formula is C14H19F3N2O2. The number of aryl methyl sites for hydroxylation is 1. The van der Waals surface area contributed by atoms with E-state index in [-0.39, 0.29) is 6.42 Å². The Morgan fingerprint density at radius 2 is 1.86 bits per heavy atom. The summed E-state index contributed by atoms with van der Waals surface area (Å²) in [6, 6.07) is 7.54. The summed E-state index contributed by atoms with van der Waals surface area (Å²) in [4.78, 5) is 13.4. The molecule has 1 rings (SSSR count). The third-order valence-electron chi connectivity index (χ3n) is 2.96. The van der Waals surface area contributed by atoms with Crippen molar-refractivity contribution in [1.82, 2.24) is 5.32 Å². The second-order valence-electron chi connectivity index (χ2n) is 4.92.